The molecule has 8 heteroatoms. The van der Waals surface area contributed by atoms with Crippen LogP contribution in [0.2, 0.25) is 0 Å². The monoisotopic (exact) mass is 371 g/mol. The number of hydrogen-bond donors (Lipinski definition) is 2. The molecular formula is C18H21N5O2S. The maximum Gasteiger partial charge on any atom is 0.234 e. The van der Waals surface area contributed by atoms with Crippen LogP contribution in [0, 0.1) is 0 Å². The van der Waals surface area contributed by atoms with E-state index in [1.165, 1.54) is 16.4 Å². The SMILES string of the molecule is CC[C@H](C)c1ccccc1NC(=O)CSc1nnc(-c2ccco2)n1N. The van der Waals surface area contributed by atoms with Gasteiger partial charge < -0.3 is 15.6 Å². The number of nitrogen functional groups attached to an aromatic ring is 1. The molecule has 136 valence electrons. The van der Waals surface area contributed by atoms with Crippen molar-refractivity contribution in [1.29, 1.82) is 0 Å². The van der Waals surface area contributed by atoms with Gasteiger partial charge >= 0.3 is 0 Å². The van der Waals surface area contributed by atoms with Crippen molar-refractivity contribution in [2.75, 3.05) is 16.9 Å². The molecule has 7 nitrogen and oxygen atoms in total. The first-order valence-corrected chi connectivity index (χ1v) is 9.34. The summed E-state index contributed by atoms with van der Waals surface area (Å²) in [4.78, 5) is 12.3. The molecule has 0 aliphatic heterocycles. The first-order valence-electron chi connectivity index (χ1n) is 8.36. The van der Waals surface area contributed by atoms with E-state index < -0.39 is 0 Å². The van der Waals surface area contributed by atoms with Crippen molar-refractivity contribution in [3.63, 3.8) is 0 Å². The van der Waals surface area contributed by atoms with Gasteiger partial charge in [0.25, 0.3) is 0 Å². The van der Waals surface area contributed by atoms with Crippen LogP contribution in [-0.4, -0.2) is 26.5 Å². The zero-order valence-electron chi connectivity index (χ0n) is 14.7. The number of amides is 1. The summed E-state index contributed by atoms with van der Waals surface area (Å²) in [5.41, 5.74) is 1.98. The number of carbonyl (C=O) groups excluding carboxylic acids is 1. The molecule has 0 bridgehead atoms. The Morgan fingerprint density at radius 3 is 2.85 bits per heavy atom. The maximum absolute atomic E-state index is 12.3. The molecule has 0 saturated carbocycles. The summed E-state index contributed by atoms with van der Waals surface area (Å²) in [6.07, 6.45) is 2.55. The summed E-state index contributed by atoms with van der Waals surface area (Å²) in [6, 6.07) is 11.4. The molecule has 3 N–H and O–H groups in total. The fourth-order valence-electron chi connectivity index (χ4n) is 2.53. The van der Waals surface area contributed by atoms with E-state index in [1.807, 2.05) is 24.3 Å². The zero-order valence-corrected chi connectivity index (χ0v) is 15.5. The lowest BCUT2D eigenvalue weighted by molar-refractivity contribution is -0.113. The van der Waals surface area contributed by atoms with Crippen LogP contribution >= 0.6 is 11.8 Å². The van der Waals surface area contributed by atoms with Crippen LogP contribution in [-0.2, 0) is 4.79 Å². The second kappa shape index (κ2) is 8.09. The Balaban J connectivity index is 1.64. The number of nitrogens with zero attached hydrogens (tertiary/aromatic N) is 3. The fraction of sp³-hybridized carbons (Fsp3) is 0.278. The molecule has 2 aromatic heterocycles. The highest BCUT2D eigenvalue weighted by atomic mass is 32.2. The number of hydrogen-bond acceptors (Lipinski definition) is 6. The van der Waals surface area contributed by atoms with Crippen molar-refractivity contribution >= 4 is 23.4 Å². The molecule has 2 heterocycles. The van der Waals surface area contributed by atoms with E-state index in [0.717, 1.165) is 17.7 Å². The number of para-hydroxylation sites is 1. The van der Waals surface area contributed by atoms with E-state index >= 15 is 0 Å². The summed E-state index contributed by atoms with van der Waals surface area (Å²) in [6.45, 7) is 4.27. The number of anilines is 1. The van der Waals surface area contributed by atoms with Gasteiger partial charge in [0, 0.05) is 5.69 Å². The Hall–Kier alpha value is -2.74. The highest BCUT2D eigenvalue weighted by Crippen LogP contribution is 2.27. The van der Waals surface area contributed by atoms with E-state index in [1.54, 1.807) is 18.4 Å². The standard InChI is InChI=1S/C18H21N5O2S/c1-3-12(2)13-7-4-5-8-14(13)20-16(24)11-26-18-22-21-17(23(18)19)15-9-6-10-25-15/h4-10,12H,3,11,19H2,1-2H3,(H,20,24)/t12-/m0/s1. The lowest BCUT2D eigenvalue weighted by atomic mass is 9.97. The van der Waals surface area contributed by atoms with Crippen molar-refractivity contribution in [2.24, 2.45) is 0 Å². The number of carbonyl (C=O) groups is 1. The lowest BCUT2D eigenvalue weighted by Gasteiger charge is -2.15. The maximum atomic E-state index is 12.3. The normalized spacial score (nSPS) is 12.1. The molecule has 0 unspecified atom stereocenters. The van der Waals surface area contributed by atoms with Crippen LogP contribution in [0.15, 0.2) is 52.2 Å². The molecule has 3 rings (SSSR count). The third-order valence-electron chi connectivity index (χ3n) is 4.12. The first-order chi connectivity index (χ1) is 12.6. The van der Waals surface area contributed by atoms with Crippen LogP contribution in [0.4, 0.5) is 5.69 Å². The second-order valence-electron chi connectivity index (χ2n) is 5.89. The minimum atomic E-state index is -0.117. The molecule has 1 aromatic carbocycles. The second-order valence-corrected chi connectivity index (χ2v) is 6.83. The smallest absolute Gasteiger partial charge is 0.234 e. The van der Waals surface area contributed by atoms with Crippen LogP contribution in [0.25, 0.3) is 11.6 Å². The first kappa shape index (κ1) is 18.1. The molecular weight excluding hydrogens is 350 g/mol. The van der Waals surface area contributed by atoms with Crippen molar-refractivity contribution in [3.8, 4) is 11.6 Å². The Morgan fingerprint density at radius 1 is 1.31 bits per heavy atom. The van der Waals surface area contributed by atoms with E-state index in [4.69, 9.17) is 10.3 Å². The quantitative estimate of drug-likeness (QED) is 0.487. The highest BCUT2D eigenvalue weighted by molar-refractivity contribution is 7.99. The predicted octanol–water partition coefficient (Wildman–Crippen LogP) is 3.50. The van der Waals surface area contributed by atoms with E-state index in [9.17, 15) is 4.79 Å². The van der Waals surface area contributed by atoms with Crippen LogP contribution < -0.4 is 11.2 Å². The number of aromatic nitrogens is 3. The van der Waals surface area contributed by atoms with Crippen LogP contribution in [0.3, 0.4) is 0 Å². The molecule has 1 amide bonds. The van der Waals surface area contributed by atoms with Gasteiger partial charge in [0.05, 0.1) is 12.0 Å². The topological polar surface area (TPSA) is 99.0 Å². The van der Waals surface area contributed by atoms with Gasteiger partial charge in [-0.25, -0.2) is 4.68 Å². The molecule has 0 aliphatic carbocycles. The number of nitrogens with two attached hydrogens (primary N) is 1. The van der Waals surface area contributed by atoms with Gasteiger partial charge in [0.15, 0.2) is 5.76 Å². The number of furan rings is 1. The number of thioether (sulfide) groups is 1. The average molecular weight is 371 g/mol. The van der Waals surface area contributed by atoms with Gasteiger partial charge in [0.1, 0.15) is 0 Å². The molecule has 0 fully saturated rings. The molecule has 0 spiro atoms. The van der Waals surface area contributed by atoms with Crippen molar-refractivity contribution in [1.82, 2.24) is 14.9 Å². The Morgan fingerprint density at radius 2 is 2.12 bits per heavy atom. The summed E-state index contributed by atoms with van der Waals surface area (Å²) >= 11 is 1.22. The summed E-state index contributed by atoms with van der Waals surface area (Å²) in [5.74, 6) is 7.38. The van der Waals surface area contributed by atoms with Gasteiger partial charge in [-0.2, -0.15) is 0 Å². The van der Waals surface area contributed by atoms with E-state index in [-0.39, 0.29) is 11.7 Å². The number of rotatable bonds is 7. The van der Waals surface area contributed by atoms with E-state index in [2.05, 4.69) is 29.4 Å². The van der Waals surface area contributed by atoms with Gasteiger partial charge in [0.2, 0.25) is 16.9 Å². The lowest BCUT2D eigenvalue weighted by Crippen LogP contribution is -2.17. The number of benzene rings is 1. The van der Waals surface area contributed by atoms with Crippen molar-refractivity contribution < 1.29 is 9.21 Å². The fourth-order valence-corrected chi connectivity index (χ4v) is 3.18. The minimum Gasteiger partial charge on any atom is -0.461 e. The van der Waals surface area contributed by atoms with Crippen LogP contribution in [0.1, 0.15) is 31.7 Å². The van der Waals surface area contributed by atoms with Crippen molar-refractivity contribution in [2.45, 2.75) is 31.3 Å². The largest absolute Gasteiger partial charge is 0.461 e. The molecule has 0 aliphatic rings. The molecule has 3 aromatic rings. The average Bonchev–Trinajstić information content (AvgIpc) is 3.29. The predicted molar refractivity (Wildman–Crippen MR) is 102 cm³/mol. The highest BCUT2D eigenvalue weighted by Gasteiger charge is 2.16. The third kappa shape index (κ3) is 3.91. The van der Waals surface area contributed by atoms with E-state index in [0.29, 0.717) is 22.7 Å². The summed E-state index contributed by atoms with van der Waals surface area (Å²) in [5, 5.41) is 11.5. The van der Waals surface area contributed by atoms with Gasteiger partial charge in [-0.05, 0) is 36.1 Å². The Labute approximate surface area is 156 Å². The van der Waals surface area contributed by atoms with Crippen LogP contribution in [0.5, 0.6) is 0 Å². The van der Waals surface area contributed by atoms with Gasteiger partial charge in [-0.3, -0.25) is 4.79 Å². The third-order valence-corrected chi connectivity index (χ3v) is 5.06. The molecule has 26 heavy (non-hydrogen) atoms. The van der Waals surface area contributed by atoms with Crippen molar-refractivity contribution in [3.05, 3.63) is 48.2 Å². The molecule has 0 saturated heterocycles. The Kier molecular flexibility index (Phi) is 5.62. The number of nitrogens with one attached hydrogen (secondary N) is 1. The summed E-state index contributed by atoms with van der Waals surface area (Å²) in [7, 11) is 0. The zero-order chi connectivity index (χ0) is 18.5. The minimum absolute atomic E-state index is 0.117. The van der Waals surface area contributed by atoms with Gasteiger partial charge in [-0.15, -0.1) is 10.2 Å². The molecule has 0 radical (unpaired) electrons. The Bertz CT molecular complexity index is 876. The molecule has 1 atom stereocenters. The summed E-state index contributed by atoms with van der Waals surface area (Å²) < 4.78 is 6.60. The van der Waals surface area contributed by atoms with Gasteiger partial charge in [-0.1, -0.05) is 43.8 Å².